The first-order chi connectivity index (χ1) is 19.5. The van der Waals surface area contributed by atoms with Gasteiger partial charge in [0.05, 0.1) is 17.7 Å². The maximum atomic E-state index is 15.3. The number of carbonyl (C=O) groups is 1. The molecule has 4 heterocycles. The lowest BCUT2D eigenvalue weighted by Crippen LogP contribution is -2.44. The van der Waals surface area contributed by atoms with Crippen molar-refractivity contribution in [3.63, 3.8) is 0 Å². The molecule has 0 radical (unpaired) electrons. The van der Waals surface area contributed by atoms with Crippen molar-refractivity contribution in [1.82, 2.24) is 19.5 Å². The molecule has 230 valence electrons. The summed E-state index contributed by atoms with van der Waals surface area (Å²) in [4.78, 5) is 22.5. The van der Waals surface area contributed by atoms with Crippen LogP contribution in [0, 0.1) is 18.3 Å². The van der Waals surface area contributed by atoms with Crippen molar-refractivity contribution in [2.24, 2.45) is 17.1 Å². The predicted octanol–water partition coefficient (Wildman–Crippen LogP) is 6.72. The minimum Gasteiger partial charge on any atom is -0.355 e. The summed E-state index contributed by atoms with van der Waals surface area (Å²) in [6, 6.07) is 1.88. The molecule has 2 aliphatic heterocycles. The van der Waals surface area contributed by atoms with Crippen LogP contribution in [0.25, 0.3) is 5.65 Å². The van der Waals surface area contributed by atoms with E-state index in [9.17, 15) is 9.18 Å². The highest BCUT2D eigenvalue weighted by atomic mass is 19.1. The minimum atomic E-state index is -1.51. The number of likely N-dealkylation sites (tertiary alicyclic amines) is 1. The summed E-state index contributed by atoms with van der Waals surface area (Å²) in [6.07, 6.45) is 7.97. The first-order valence-corrected chi connectivity index (χ1v) is 16.0. The van der Waals surface area contributed by atoms with Crippen LogP contribution in [0.1, 0.15) is 116 Å². The molecule has 0 saturated carbocycles. The summed E-state index contributed by atoms with van der Waals surface area (Å²) in [5.74, 6) is -0.213. The second-order valence-corrected chi connectivity index (χ2v) is 13.1. The van der Waals surface area contributed by atoms with Crippen molar-refractivity contribution in [3.8, 4) is 0 Å². The monoisotopic (exact) mass is 574 g/mol. The number of nitrogens with two attached hydrogens (primary N) is 1. The first-order valence-electron chi connectivity index (χ1n) is 16.0. The molecule has 2 aromatic rings. The zero-order chi connectivity index (χ0) is 29.7. The number of hydrogen-bond donors (Lipinski definition) is 1. The van der Waals surface area contributed by atoms with Gasteiger partial charge in [-0.2, -0.15) is 5.10 Å². The molecule has 6 unspecified atom stereocenters. The molecule has 6 atom stereocenters. The van der Waals surface area contributed by atoms with E-state index >= 15 is 4.39 Å². The average Bonchev–Trinajstić information content (AvgIpc) is 3.57. The predicted molar refractivity (Wildman–Crippen MR) is 162 cm³/mol. The van der Waals surface area contributed by atoms with Gasteiger partial charge < -0.3 is 15.5 Å². The van der Waals surface area contributed by atoms with Crippen molar-refractivity contribution >= 4 is 17.4 Å². The maximum absolute atomic E-state index is 15.3. The van der Waals surface area contributed by atoms with Gasteiger partial charge >= 0.3 is 0 Å². The van der Waals surface area contributed by atoms with E-state index in [1.54, 1.807) is 16.3 Å². The minimum absolute atomic E-state index is 0.159. The zero-order valence-electron chi connectivity index (χ0n) is 25.9. The average molecular weight is 575 g/mol. The molecular weight excluding hydrogens is 522 g/mol. The van der Waals surface area contributed by atoms with E-state index in [1.165, 1.54) is 0 Å². The Morgan fingerprint density at radius 2 is 1.98 bits per heavy atom. The van der Waals surface area contributed by atoms with E-state index in [0.29, 0.717) is 13.0 Å². The third kappa shape index (κ3) is 7.57. The summed E-state index contributed by atoms with van der Waals surface area (Å²) in [5.41, 5.74) is 8.88. The molecule has 9 heteroatoms. The van der Waals surface area contributed by atoms with E-state index in [4.69, 9.17) is 15.8 Å². The molecule has 2 N–H and O–H groups in total. The molecule has 41 heavy (non-hydrogen) atoms. The Morgan fingerprint density at radius 1 is 1.20 bits per heavy atom. The molecule has 1 amide bonds. The number of piperidine rings is 1. The van der Waals surface area contributed by atoms with Gasteiger partial charge in [0.25, 0.3) is 0 Å². The van der Waals surface area contributed by atoms with Crippen molar-refractivity contribution < 1.29 is 13.6 Å². The van der Waals surface area contributed by atoms with E-state index in [1.807, 2.05) is 19.2 Å². The molecule has 0 spiro atoms. The zero-order valence-corrected chi connectivity index (χ0v) is 25.9. The van der Waals surface area contributed by atoms with Crippen LogP contribution in [0.15, 0.2) is 12.3 Å². The summed E-state index contributed by atoms with van der Waals surface area (Å²) in [5, 5.41) is 4.80. The lowest BCUT2D eigenvalue weighted by molar-refractivity contribution is -0.141. The van der Waals surface area contributed by atoms with E-state index in [-0.39, 0.29) is 29.8 Å². The van der Waals surface area contributed by atoms with Crippen LogP contribution in [-0.2, 0) is 4.79 Å². The molecule has 2 aliphatic rings. The highest BCUT2D eigenvalue weighted by Gasteiger charge is 2.36. The molecule has 2 fully saturated rings. The van der Waals surface area contributed by atoms with Gasteiger partial charge in [0.2, 0.25) is 5.91 Å². The summed E-state index contributed by atoms with van der Waals surface area (Å²) in [7, 11) is 0. The van der Waals surface area contributed by atoms with Gasteiger partial charge in [-0.1, -0.05) is 47.0 Å². The number of fused-ring (bicyclic) bond motifs is 1. The van der Waals surface area contributed by atoms with Crippen LogP contribution in [0.5, 0.6) is 0 Å². The van der Waals surface area contributed by atoms with Crippen LogP contribution in [0.4, 0.5) is 14.6 Å². The number of amides is 1. The number of carbonyl (C=O) groups excluding carboxylic acids is 1. The molecule has 0 aliphatic carbocycles. The topological polar surface area (TPSA) is 79.8 Å². The van der Waals surface area contributed by atoms with E-state index < -0.39 is 18.3 Å². The Hall–Kier alpha value is -2.29. The second kappa shape index (κ2) is 13.8. The highest BCUT2D eigenvalue weighted by Crippen LogP contribution is 2.36. The summed E-state index contributed by atoms with van der Waals surface area (Å²) in [6.45, 7) is 12.5. The number of anilines is 1. The normalized spacial score (nSPS) is 23.5. The van der Waals surface area contributed by atoms with E-state index in [2.05, 4.69) is 25.7 Å². The third-order valence-corrected chi connectivity index (χ3v) is 9.69. The fraction of sp³-hybridized carbons (Fsp3) is 0.781. The SMILES string of the molecule is CCCC(C)(CC)CCCC(F)CC(F)C(C)C(=O)N1CCCCC1c1cc2nc(N3CCC(N)C3)c(C)cn2n1. The van der Waals surface area contributed by atoms with Gasteiger partial charge in [0.1, 0.15) is 18.2 Å². The number of rotatable bonds is 13. The standard InChI is InChI=1S/C32H52F2N6O/c1-6-14-32(5,7-2)15-10-11-24(33)18-26(34)23(4)31(41)39-16-9-8-12-28(39)27-19-29-36-30(22(3)20-40(29)37-27)38-17-13-25(35)21-38/h19-20,23-26,28H,6-18,21,35H2,1-5H3. The number of nitrogens with zero attached hydrogens (tertiary/aromatic N) is 5. The Morgan fingerprint density at radius 3 is 2.66 bits per heavy atom. The quantitative estimate of drug-likeness (QED) is 0.287. The molecule has 4 rings (SSSR count). The number of hydrogen-bond acceptors (Lipinski definition) is 5. The van der Waals surface area contributed by atoms with Gasteiger partial charge in [-0.25, -0.2) is 18.3 Å². The van der Waals surface area contributed by atoms with Crippen molar-refractivity contribution in [3.05, 3.63) is 23.5 Å². The van der Waals surface area contributed by atoms with E-state index in [0.717, 1.165) is 93.6 Å². The van der Waals surface area contributed by atoms with Crippen LogP contribution in [0.2, 0.25) is 0 Å². The van der Waals surface area contributed by atoms with Crippen molar-refractivity contribution in [2.75, 3.05) is 24.5 Å². The third-order valence-electron chi connectivity index (χ3n) is 9.69. The molecule has 2 saturated heterocycles. The Balaban J connectivity index is 1.40. The summed E-state index contributed by atoms with van der Waals surface area (Å²) < 4.78 is 32.0. The Labute approximate surface area is 245 Å². The smallest absolute Gasteiger partial charge is 0.228 e. The van der Waals surface area contributed by atoms with Gasteiger partial charge in [-0.05, 0) is 57.3 Å². The molecular formula is C32H52F2N6O. The van der Waals surface area contributed by atoms with Crippen LogP contribution in [-0.4, -0.2) is 63.4 Å². The maximum Gasteiger partial charge on any atom is 0.228 e. The van der Waals surface area contributed by atoms with Gasteiger partial charge in [0.15, 0.2) is 5.65 Å². The van der Waals surface area contributed by atoms with Crippen LogP contribution in [0.3, 0.4) is 0 Å². The van der Waals surface area contributed by atoms with Gasteiger partial charge in [0, 0.05) is 49.9 Å². The summed E-state index contributed by atoms with van der Waals surface area (Å²) >= 11 is 0. The lowest BCUT2D eigenvalue weighted by Gasteiger charge is -2.37. The Kier molecular flexibility index (Phi) is 10.6. The molecule has 0 aromatic carbocycles. The highest BCUT2D eigenvalue weighted by molar-refractivity contribution is 5.79. The fourth-order valence-electron chi connectivity index (χ4n) is 6.80. The number of alkyl halides is 2. The first kappa shape index (κ1) is 31.6. The number of aryl methyl sites for hydroxylation is 1. The lowest BCUT2D eigenvalue weighted by atomic mass is 9.78. The van der Waals surface area contributed by atoms with Gasteiger partial charge in [-0.3, -0.25) is 4.79 Å². The number of halogens is 2. The van der Waals surface area contributed by atoms with Gasteiger partial charge in [-0.15, -0.1) is 0 Å². The van der Waals surface area contributed by atoms with Crippen molar-refractivity contribution in [1.29, 1.82) is 0 Å². The molecule has 0 bridgehead atoms. The largest absolute Gasteiger partial charge is 0.355 e. The van der Waals surface area contributed by atoms with Crippen LogP contribution < -0.4 is 10.6 Å². The number of aromatic nitrogens is 3. The fourth-order valence-corrected chi connectivity index (χ4v) is 6.80. The van der Waals surface area contributed by atoms with Crippen molar-refractivity contribution in [2.45, 2.75) is 130 Å². The second-order valence-electron chi connectivity index (χ2n) is 13.1. The Bertz CT molecular complexity index is 1160. The molecule has 2 aromatic heterocycles. The molecule has 7 nitrogen and oxygen atoms in total. The van der Waals surface area contributed by atoms with Crippen LogP contribution >= 0.6 is 0 Å².